The lowest BCUT2D eigenvalue weighted by atomic mass is 9.74. The van der Waals surface area contributed by atoms with Gasteiger partial charge in [0.15, 0.2) is 5.78 Å². The van der Waals surface area contributed by atoms with Crippen molar-refractivity contribution in [2.24, 2.45) is 10.8 Å². The quantitative estimate of drug-likeness (QED) is 0.598. The zero-order valence-electron chi connectivity index (χ0n) is 12.7. The predicted molar refractivity (Wildman–Crippen MR) is 76.4 cm³/mol. The smallest absolute Gasteiger partial charge is 0.159 e. The highest BCUT2D eigenvalue weighted by Gasteiger charge is 2.39. The minimum atomic E-state index is 0.150. The summed E-state index contributed by atoms with van der Waals surface area (Å²) in [6.07, 6.45) is 3.81. The first kappa shape index (κ1) is 13.6. The van der Waals surface area contributed by atoms with Crippen LogP contribution in [0.3, 0.4) is 0 Å². The van der Waals surface area contributed by atoms with Gasteiger partial charge in [0, 0.05) is 12.0 Å². The first-order valence-electron chi connectivity index (χ1n) is 7.12. The molecular weight excluding hydrogens is 220 g/mol. The van der Waals surface area contributed by atoms with Crippen LogP contribution in [0.15, 0.2) is 22.3 Å². The molecule has 0 radical (unpaired) electrons. The zero-order valence-corrected chi connectivity index (χ0v) is 12.7. The lowest BCUT2D eigenvalue weighted by Gasteiger charge is -2.31. The van der Waals surface area contributed by atoms with E-state index in [0.29, 0.717) is 5.78 Å². The summed E-state index contributed by atoms with van der Waals surface area (Å²) >= 11 is 0. The van der Waals surface area contributed by atoms with Crippen LogP contribution in [-0.2, 0) is 4.79 Å². The number of rotatable bonds is 0. The van der Waals surface area contributed by atoms with Gasteiger partial charge in [0.1, 0.15) is 0 Å². The Labute approximate surface area is 111 Å². The maximum Gasteiger partial charge on any atom is 0.159 e. The molecule has 0 aromatic heterocycles. The van der Waals surface area contributed by atoms with Crippen molar-refractivity contribution in [1.82, 2.24) is 0 Å². The highest BCUT2D eigenvalue weighted by atomic mass is 16.1. The summed E-state index contributed by atoms with van der Waals surface area (Å²) in [7, 11) is 0. The fourth-order valence-electron chi connectivity index (χ4n) is 3.37. The third-order valence-corrected chi connectivity index (χ3v) is 4.14. The van der Waals surface area contributed by atoms with Crippen molar-refractivity contribution in [3.63, 3.8) is 0 Å². The Kier molecular flexibility index (Phi) is 3.08. The van der Waals surface area contributed by atoms with E-state index in [-0.39, 0.29) is 10.8 Å². The van der Waals surface area contributed by atoms with Crippen molar-refractivity contribution < 1.29 is 4.79 Å². The summed E-state index contributed by atoms with van der Waals surface area (Å²) in [5.74, 6) is 0.400. The first-order chi connectivity index (χ1) is 8.12. The Morgan fingerprint density at radius 2 is 1.44 bits per heavy atom. The van der Waals surface area contributed by atoms with E-state index in [1.165, 1.54) is 16.7 Å². The minimum absolute atomic E-state index is 0.150. The zero-order chi connectivity index (χ0) is 13.7. The van der Waals surface area contributed by atoms with Gasteiger partial charge in [-0.3, -0.25) is 4.79 Å². The van der Waals surface area contributed by atoms with Crippen molar-refractivity contribution >= 4 is 5.78 Å². The maximum atomic E-state index is 12.1. The van der Waals surface area contributed by atoms with E-state index >= 15 is 0 Å². The van der Waals surface area contributed by atoms with E-state index in [1.54, 1.807) is 0 Å². The molecule has 1 heteroatoms. The molecule has 0 fully saturated rings. The van der Waals surface area contributed by atoms with Crippen molar-refractivity contribution in [3.8, 4) is 0 Å². The van der Waals surface area contributed by atoms with Crippen LogP contribution in [0.4, 0.5) is 0 Å². The average Bonchev–Trinajstić information content (AvgIpc) is 2.56. The molecule has 0 spiro atoms. The van der Waals surface area contributed by atoms with Gasteiger partial charge in [0.05, 0.1) is 0 Å². The van der Waals surface area contributed by atoms with Crippen LogP contribution in [-0.4, -0.2) is 5.78 Å². The van der Waals surface area contributed by atoms with E-state index in [9.17, 15) is 4.79 Å². The molecule has 100 valence electrons. The van der Waals surface area contributed by atoms with E-state index in [1.807, 2.05) is 0 Å². The number of hydrogen-bond donors (Lipinski definition) is 0. The third-order valence-electron chi connectivity index (χ3n) is 4.14. The van der Waals surface area contributed by atoms with Crippen LogP contribution in [0.25, 0.3) is 0 Å². The van der Waals surface area contributed by atoms with E-state index < -0.39 is 0 Å². The Morgan fingerprint density at radius 3 is 1.94 bits per heavy atom. The van der Waals surface area contributed by atoms with Gasteiger partial charge in [0.25, 0.3) is 0 Å². The van der Waals surface area contributed by atoms with Gasteiger partial charge >= 0.3 is 0 Å². The van der Waals surface area contributed by atoms with Gasteiger partial charge in [0.2, 0.25) is 0 Å². The van der Waals surface area contributed by atoms with Gasteiger partial charge in [-0.1, -0.05) is 47.1 Å². The van der Waals surface area contributed by atoms with Gasteiger partial charge < -0.3 is 0 Å². The number of Topliss-reactive ketones (excluding diaryl/α,β-unsaturated/α-hetero) is 1. The van der Waals surface area contributed by atoms with Crippen LogP contribution in [0.5, 0.6) is 0 Å². The summed E-state index contributed by atoms with van der Waals surface area (Å²) in [4.78, 5) is 12.1. The molecule has 0 N–H and O–H groups in total. The van der Waals surface area contributed by atoms with Crippen LogP contribution >= 0.6 is 0 Å². The second-order valence-corrected chi connectivity index (χ2v) is 7.76. The second kappa shape index (κ2) is 4.08. The molecule has 0 amide bonds. The summed E-state index contributed by atoms with van der Waals surface area (Å²) in [5.41, 5.74) is 5.82. The van der Waals surface area contributed by atoms with Gasteiger partial charge in [-0.2, -0.15) is 0 Å². The molecular formula is C17H26O. The fourth-order valence-corrected chi connectivity index (χ4v) is 3.37. The molecule has 18 heavy (non-hydrogen) atoms. The van der Waals surface area contributed by atoms with Crippen molar-refractivity contribution in [3.05, 3.63) is 22.3 Å². The van der Waals surface area contributed by atoms with E-state index in [2.05, 4.69) is 41.5 Å². The lowest BCUT2D eigenvalue weighted by molar-refractivity contribution is -0.116. The topological polar surface area (TPSA) is 17.1 Å². The standard InChI is InChI=1S/C17H26O/c1-16(2,3)13-10-12-11(8-7-9-14(12)18)15(13)17(4,5)6/h7-10H2,1-6H3. The molecule has 0 unspecified atom stereocenters. The molecule has 0 aromatic carbocycles. The summed E-state index contributed by atoms with van der Waals surface area (Å²) < 4.78 is 0. The molecule has 2 aliphatic rings. The molecule has 0 aromatic rings. The normalized spacial score (nSPS) is 21.8. The lowest BCUT2D eigenvalue weighted by Crippen LogP contribution is -2.18. The Morgan fingerprint density at radius 1 is 0.833 bits per heavy atom. The highest BCUT2D eigenvalue weighted by Crippen LogP contribution is 2.51. The van der Waals surface area contributed by atoms with Crippen LogP contribution in [0, 0.1) is 10.8 Å². The number of hydrogen-bond acceptors (Lipinski definition) is 1. The molecule has 0 atom stereocenters. The number of allylic oxidation sites excluding steroid dienone is 4. The Balaban J connectivity index is 2.57. The van der Waals surface area contributed by atoms with Crippen LogP contribution < -0.4 is 0 Å². The Bertz CT molecular complexity index is 447. The number of ketones is 1. The Hall–Kier alpha value is -0.850. The molecule has 0 saturated heterocycles. The molecule has 0 saturated carbocycles. The molecule has 2 rings (SSSR count). The summed E-state index contributed by atoms with van der Waals surface area (Å²) in [6.45, 7) is 13.7. The first-order valence-corrected chi connectivity index (χ1v) is 7.12. The van der Waals surface area contributed by atoms with Gasteiger partial charge in [-0.15, -0.1) is 0 Å². The number of carbonyl (C=O) groups excluding carboxylic acids is 1. The van der Waals surface area contributed by atoms with E-state index in [4.69, 9.17) is 0 Å². The van der Waals surface area contributed by atoms with Crippen LogP contribution in [0.1, 0.15) is 67.2 Å². The molecule has 0 bridgehead atoms. The van der Waals surface area contributed by atoms with Gasteiger partial charge in [-0.25, -0.2) is 0 Å². The van der Waals surface area contributed by atoms with Gasteiger partial charge in [-0.05, 0) is 41.2 Å². The van der Waals surface area contributed by atoms with Crippen LogP contribution in [0.2, 0.25) is 0 Å². The monoisotopic (exact) mass is 246 g/mol. The van der Waals surface area contributed by atoms with Crippen molar-refractivity contribution in [1.29, 1.82) is 0 Å². The summed E-state index contributed by atoms with van der Waals surface area (Å²) in [6, 6.07) is 0. The largest absolute Gasteiger partial charge is 0.295 e. The fraction of sp³-hybridized carbons (Fsp3) is 0.706. The third kappa shape index (κ3) is 2.20. The highest BCUT2D eigenvalue weighted by molar-refractivity contribution is 5.99. The number of carbonyl (C=O) groups is 1. The molecule has 0 heterocycles. The summed E-state index contributed by atoms with van der Waals surface area (Å²) in [5, 5.41) is 0. The second-order valence-electron chi connectivity index (χ2n) is 7.76. The predicted octanol–water partition coefficient (Wildman–Crippen LogP) is 4.83. The molecule has 2 aliphatic carbocycles. The maximum absolute atomic E-state index is 12.1. The van der Waals surface area contributed by atoms with E-state index in [0.717, 1.165) is 31.3 Å². The average molecular weight is 246 g/mol. The molecule has 1 nitrogen and oxygen atoms in total. The molecule has 0 aliphatic heterocycles. The minimum Gasteiger partial charge on any atom is -0.295 e. The SMILES string of the molecule is CC(C)(C)C1=C(C(C)(C)C)C2=C(C1)C(=O)CCC2. The van der Waals surface area contributed by atoms with Crippen molar-refractivity contribution in [2.75, 3.05) is 0 Å². The van der Waals surface area contributed by atoms with Crippen molar-refractivity contribution in [2.45, 2.75) is 67.2 Å².